The Balaban J connectivity index is 1.87. The highest BCUT2D eigenvalue weighted by Crippen LogP contribution is 2.54. The number of likely N-dealkylation sites (tertiary alicyclic amines) is 1. The Morgan fingerprint density at radius 1 is 1.43 bits per heavy atom. The molecular weight excluding hydrogens is 266 g/mol. The van der Waals surface area contributed by atoms with E-state index in [1.54, 1.807) is 0 Å². The lowest BCUT2D eigenvalue weighted by atomic mass is 9.94. The second-order valence-corrected chi connectivity index (χ2v) is 6.32. The van der Waals surface area contributed by atoms with Crippen LogP contribution in [0.25, 0.3) is 0 Å². The van der Waals surface area contributed by atoms with E-state index >= 15 is 0 Å². The van der Waals surface area contributed by atoms with Crippen LogP contribution in [0.5, 0.6) is 0 Å². The van der Waals surface area contributed by atoms with Crippen LogP contribution in [0.1, 0.15) is 32.6 Å². The molecule has 0 aromatic rings. The van der Waals surface area contributed by atoms with Crippen molar-refractivity contribution >= 4 is 11.8 Å². The van der Waals surface area contributed by atoms with Crippen LogP contribution >= 0.6 is 0 Å². The summed E-state index contributed by atoms with van der Waals surface area (Å²) in [7, 11) is 0. The first-order chi connectivity index (χ1) is 9.98. The van der Waals surface area contributed by atoms with Gasteiger partial charge in [0.1, 0.15) is 5.54 Å². The number of carbonyl (C=O) groups is 2. The third-order valence-corrected chi connectivity index (χ3v) is 5.09. The maximum atomic E-state index is 13.0. The number of Topliss-reactive ketones (excluding diaryl/α,β-unsaturated/α-hetero) is 1. The van der Waals surface area contributed by atoms with Gasteiger partial charge >= 0.3 is 5.97 Å². The van der Waals surface area contributed by atoms with E-state index in [0.717, 1.165) is 24.8 Å². The highest BCUT2D eigenvalue weighted by Gasteiger charge is 2.63. The number of carbonyl (C=O) groups excluding carboxylic acids is 1. The van der Waals surface area contributed by atoms with Gasteiger partial charge in [-0.3, -0.25) is 9.59 Å². The topological polar surface area (TPSA) is 57.6 Å². The molecule has 112 valence electrons. The summed E-state index contributed by atoms with van der Waals surface area (Å²) in [4.78, 5) is 26.2. The summed E-state index contributed by atoms with van der Waals surface area (Å²) in [5, 5.41) is 9.25. The van der Waals surface area contributed by atoms with Crippen LogP contribution in [-0.4, -0.2) is 33.8 Å². The van der Waals surface area contributed by atoms with Crippen LogP contribution in [0, 0.1) is 11.8 Å². The maximum Gasteiger partial charge on any atom is 0.312 e. The molecule has 0 amide bonds. The molecule has 2 fully saturated rings. The van der Waals surface area contributed by atoms with Crippen LogP contribution in [0.4, 0.5) is 0 Å². The van der Waals surface area contributed by atoms with Crippen LogP contribution in [0.3, 0.4) is 0 Å². The Morgan fingerprint density at radius 3 is 2.62 bits per heavy atom. The van der Waals surface area contributed by atoms with Gasteiger partial charge in [0, 0.05) is 17.8 Å². The molecule has 3 rings (SSSR count). The number of ketones is 1. The molecule has 4 heteroatoms. The summed E-state index contributed by atoms with van der Waals surface area (Å²) < 4.78 is 0. The Bertz CT molecular complexity index is 575. The summed E-state index contributed by atoms with van der Waals surface area (Å²) in [5.74, 6) is -0.989. The zero-order chi connectivity index (χ0) is 15.2. The maximum absolute atomic E-state index is 13.0. The van der Waals surface area contributed by atoms with Gasteiger partial charge in [-0.2, -0.15) is 0 Å². The molecule has 0 spiro atoms. The van der Waals surface area contributed by atoms with Gasteiger partial charge in [-0.1, -0.05) is 31.7 Å². The molecule has 0 aromatic carbocycles. The molecule has 0 aromatic heterocycles. The van der Waals surface area contributed by atoms with Gasteiger partial charge in [-0.15, -0.1) is 0 Å². The number of hydrogen-bond acceptors (Lipinski definition) is 3. The van der Waals surface area contributed by atoms with Gasteiger partial charge < -0.3 is 10.0 Å². The van der Waals surface area contributed by atoms with E-state index in [4.69, 9.17) is 0 Å². The number of nitrogens with zero attached hydrogens (tertiary/aromatic N) is 1. The zero-order valence-electron chi connectivity index (χ0n) is 12.3. The van der Waals surface area contributed by atoms with Gasteiger partial charge in [-0.25, -0.2) is 0 Å². The van der Waals surface area contributed by atoms with Crippen LogP contribution in [0.15, 0.2) is 36.1 Å². The number of rotatable bonds is 4. The van der Waals surface area contributed by atoms with Crippen molar-refractivity contribution in [2.45, 2.75) is 38.1 Å². The lowest BCUT2D eigenvalue weighted by molar-refractivity contribution is -0.140. The van der Waals surface area contributed by atoms with Gasteiger partial charge in [-0.05, 0) is 31.6 Å². The Morgan fingerprint density at radius 2 is 2.14 bits per heavy atom. The molecule has 21 heavy (non-hydrogen) atoms. The number of allylic oxidation sites excluding steroid dienone is 3. The average molecular weight is 287 g/mol. The molecule has 3 atom stereocenters. The molecule has 0 radical (unpaired) electrons. The Labute approximate surface area is 124 Å². The van der Waals surface area contributed by atoms with Crippen molar-refractivity contribution < 1.29 is 14.7 Å². The zero-order valence-corrected chi connectivity index (χ0v) is 12.3. The molecule has 3 aliphatic rings. The van der Waals surface area contributed by atoms with Gasteiger partial charge in [0.15, 0.2) is 5.78 Å². The van der Waals surface area contributed by atoms with E-state index in [0.29, 0.717) is 18.7 Å². The SMILES string of the molecule is C=C1C(C(=O)O)CCN1C1(C(=O)C2=CCCC=C2)CC1C. The summed E-state index contributed by atoms with van der Waals surface area (Å²) in [6, 6.07) is 0. The molecule has 1 heterocycles. The molecular formula is C17H21NO3. The number of hydrogen-bond donors (Lipinski definition) is 1. The summed E-state index contributed by atoms with van der Waals surface area (Å²) >= 11 is 0. The number of carboxylic acids is 1. The van der Waals surface area contributed by atoms with Gasteiger partial charge in [0.05, 0.1) is 5.92 Å². The van der Waals surface area contributed by atoms with E-state index in [1.807, 2.05) is 23.1 Å². The minimum absolute atomic E-state index is 0.137. The molecule has 0 bridgehead atoms. The van der Waals surface area contributed by atoms with Crippen molar-refractivity contribution in [3.63, 3.8) is 0 Å². The summed E-state index contributed by atoms with van der Waals surface area (Å²) in [6.07, 6.45) is 9.17. The highest BCUT2D eigenvalue weighted by atomic mass is 16.4. The van der Waals surface area contributed by atoms with Crippen molar-refractivity contribution in [1.82, 2.24) is 4.90 Å². The molecule has 4 nitrogen and oxygen atoms in total. The van der Waals surface area contributed by atoms with E-state index in [9.17, 15) is 14.7 Å². The van der Waals surface area contributed by atoms with Crippen LogP contribution in [0.2, 0.25) is 0 Å². The van der Waals surface area contributed by atoms with Gasteiger partial charge in [0.2, 0.25) is 0 Å². The Kier molecular flexibility index (Phi) is 3.27. The van der Waals surface area contributed by atoms with Gasteiger partial charge in [0.25, 0.3) is 0 Å². The third-order valence-electron chi connectivity index (χ3n) is 5.09. The van der Waals surface area contributed by atoms with Crippen molar-refractivity contribution in [3.8, 4) is 0 Å². The largest absolute Gasteiger partial charge is 0.481 e. The van der Waals surface area contributed by atoms with E-state index < -0.39 is 17.4 Å². The van der Waals surface area contributed by atoms with E-state index in [1.165, 1.54) is 0 Å². The normalized spacial score (nSPS) is 34.8. The highest BCUT2D eigenvalue weighted by molar-refractivity contribution is 6.07. The minimum Gasteiger partial charge on any atom is -0.481 e. The lowest BCUT2D eigenvalue weighted by Crippen LogP contribution is -2.43. The second kappa shape index (κ2) is 4.86. The minimum atomic E-state index is -0.838. The second-order valence-electron chi connectivity index (χ2n) is 6.32. The predicted molar refractivity (Wildman–Crippen MR) is 79.6 cm³/mol. The van der Waals surface area contributed by atoms with Crippen molar-refractivity contribution in [2.75, 3.05) is 6.54 Å². The fourth-order valence-corrected chi connectivity index (χ4v) is 3.73. The first kappa shape index (κ1) is 14.1. The molecule has 1 aliphatic heterocycles. The number of aliphatic carboxylic acids is 1. The summed E-state index contributed by atoms with van der Waals surface area (Å²) in [6.45, 7) is 6.64. The van der Waals surface area contributed by atoms with E-state index in [2.05, 4.69) is 13.5 Å². The first-order valence-electron chi connectivity index (χ1n) is 7.59. The standard InChI is InChI=1S/C17H21NO3/c1-11-10-17(11,15(19)13-6-4-3-5-7-13)18-9-8-14(12(18)2)16(20)21/h4,6-7,11,14H,2-3,5,8-10H2,1H3,(H,20,21). The molecule has 1 N–H and O–H groups in total. The summed E-state index contributed by atoms with van der Waals surface area (Å²) in [5.41, 5.74) is 0.826. The van der Waals surface area contributed by atoms with Crippen molar-refractivity contribution in [1.29, 1.82) is 0 Å². The molecule has 3 unspecified atom stereocenters. The van der Waals surface area contributed by atoms with Crippen LogP contribution in [-0.2, 0) is 9.59 Å². The lowest BCUT2D eigenvalue weighted by Gasteiger charge is -2.31. The molecule has 1 saturated heterocycles. The fraction of sp³-hybridized carbons (Fsp3) is 0.529. The van der Waals surface area contributed by atoms with Crippen molar-refractivity contribution in [2.24, 2.45) is 11.8 Å². The first-order valence-corrected chi connectivity index (χ1v) is 7.59. The average Bonchev–Trinajstić information content (AvgIpc) is 2.98. The monoisotopic (exact) mass is 287 g/mol. The molecule has 1 saturated carbocycles. The number of carboxylic acid groups (broad SMARTS) is 1. The third kappa shape index (κ3) is 2.04. The van der Waals surface area contributed by atoms with Crippen LogP contribution < -0.4 is 0 Å². The quantitative estimate of drug-likeness (QED) is 0.863. The fourth-order valence-electron chi connectivity index (χ4n) is 3.73. The Hall–Kier alpha value is -1.84. The van der Waals surface area contributed by atoms with Crippen molar-refractivity contribution in [3.05, 3.63) is 36.1 Å². The predicted octanol–water partition coefficient (Wildman–Crippen LogP) is 2.53. The van der Waals surface area contributed by atoms with E-state index in [-0.39, 0.29) is 11.7 Å². The smallest absolute Gasteiger partial charge is 0.312 e. The molecule has 2 aliphatic carbocycles.